The third-order valence-electron chi connectivity index (χ3n) is 4.79. The van der Waals surface area contributed by atoms with Gasteiger partial charge in [0.15, 0.2) is 0 Å². The molecule has 0 bridgehead atoms. The van der Waals surface area contributed by atoms with Crippen molar-refractivity contribution in [2.24, 2.45) is 0 Å². The third-order valence-corrected chi connectivity index (χ3v) is 5.10. The summed E-state index contributed by atoms with van der Waals surface area (Å²) in [6, 6.07) is 14.8. The molecule has 4 aromatic rings. The summed E-state index contributed by atoms with van der Waals surface area (Å²) in [7, 11) is 0. The summed E-state index contributed by atoms with van der Waals surface area (Å²) < 4.78 is 2.28. The smallest absolute Gasteiger partial charge is 0.269 e. The number of nitrogens with one attached hydrogen (secondary N) is 1. The van der Waals surface area contributed by atoms with Gasteiger partial charge in [-0.15, -0.1) is 0 Å². The number of non-ortho nitro benzene ring substituents is 1. The second-order valence-electron chi connectivity index (χ2n) is 6.92. The molecule has 4 rings (SSSR count). The van der Waals surface area contributed by atoms with Crippen molar-refractivity contribution in [3.05, 3.63) is 81.4 Å². The quantitative estimate of drug-likeness (QED) is 0.273. The summed E-state index contributed by atoms with van der Waals surface area (Å²) >= 11 is 5.38. The molecule has 0 aliphatic heterocycles. The van der Waals surface area contributed by atoms with Gasteiger partial charge < -0.3 is 4.98 Å². The summed E-state index contributed by atoms with van der Waals surface area (Å²) in [5.74, 6) is 0.475. The fraction of sp³-hybridized carbons (Fsp3) is 0.143. The minimum absolute atomic E-state index is 0.0536. The van der Waals surface area contributed by atoms with Crippen LogP contribution in [0.4, 0.5) is 5.69 Å². The number of rotatable bonds is 4. The van der Waals surface area contributed by atoms with Gasteiger partial charge in [-0.2, -0.15) is 0 Å². The van der Waals surface area contributed by atoms with E-state index in [1.54, 1.807) is 18.3 Å². The van der Waals surface area contributed by atoms with E-state index in [2.05, 4.69) is 48.1 Å². The zero-order valence-electron chi connectivity index (χ0n) is 15.4. The SMILES string of the molecule is CC(C)c1ccc(-c2cn3c(=S)ncc(-c4ccc([N+](=O)[O-])cc4)c3[nH]2)cc1. The Bertz CT molecular complexity index is 1220. The molecule has 0 saturated carbocycles. The van der Waals surface area contributed by atoms with Crippen molar-refractivity contribution in [2.75, 3.05) is 0 Å². The van der Waals surface area contributed by atoms with E-state index in [1.165, 1.54) is 17.7 Å². The highest BCUT2D eigenvalue weighted by Gasteiger charge is 2.12. The number of nitro benzene ring substituents is 1. The highest BCUT2D eigenvalue weighted by atomic mass is 32.1. The lowest BCUT2D eigenvalue weighted by Crippen LogP contribution is -1.93. The highest BCUT2D eigenvalue weighted by molar-refractivity contribution is 7.71. The number of aromatic nitrogens is 3. The van der Waals surface area contributed by atoms with Gasteiger partial charge >= 0.3 is 0 Å². The zero-order valence-corrected chi connectivity index (χ0v) is 16.2. The van der Waals surface area contributed by atoms with Crippen LogP contribution in [0.25, 0.3) is 28.0 Å². The average Bonchev–Trinajstić information content (AvgIpc) is 3.15. The second kappa shape index (κ2) is 7.01. The van der Waals surface area contributed by atoms with Gasteiger partial charge in [0.1, 0.15) is 5.65 Å². The van der Waals surface area contributed by atoms with Crippen LogP contribution in [0, 0.1) is 14.9 Å². The van der Waals surface area contributed by atoms with E-state index in [9.17, 15) is 10.1 Å². The molecule has 0 radical (unpaired) electrons. The highest BCUT2D eigenvalue weighted by Crippen LogP contribution is 2.28. The first kappa shape index (κ1) is 18.1. The average molecular weight is 390 g/mol. The Balaban J connectivity index is 1.82. The molecule has 0 atom stereocenters. The van der Waals surface area contributed by atoms with Crippen LogP contribution in [0.2, 0.25) is 0 Å². The molecule has 0 amide bonds. The summed E-state index contributed by atoms with van der Waals surface area (Å²) in [6.07, 6.45) is 3.63. The van der Waals surface area contributed by atoms with E-state index in [0.717, 1.165) is 28.0 Å². The maximum Gasteiger partial charge on any atom is 0.269 e. The number of benzene rings is 2. The monoisotopic (exact) mass is 390 g/mol. The van der Waals surface area contributed by atoms with Gasteiger partial charge in [-0.3, -0.25) is 14.5 Å². The minimum Gasteiger partial charge on any atom is -0.339 e. The number of aromatic amines is 1. The minimum atomic E-state index is -0.410. The van der Waals surface area contributed by atoms with Crippen LogP contribution in [0.15, 0.2) is 60.9 Å². The van der Waals surface area contributed by atoms with E-state index in [-0.39, 0.29) is 5.69 Å². The van der Waals surface area contributed by atoms with Crippen LogP contribution in [-0.2, 0) is 0 Å². The Labute approximate surface area is 166 Å². The van der Waals surface area contributed by atoms with Gasteiger partial charge in [-0.05, 0) is 47.0 Å². The fourth-order valence-corrected chi connectivity index (χ4v) is 3.37. The van der Waals surface area contributed by atoms with Crippen molar-refractivity contribution in [1.82, 2.24) is 14.4 Å². The molecule has 0 aliphatic rings. The van der Waals surface area contributed by atoms with E-state index in [1.807, 2.05) is 10.6 Å². The molecular formula is C21H18N4O2S. The first-order valence-electron chi connectivity index (χ1n) is 8.89. The van der Waals surface area contributed by atoms with Crippen molar-refractivity contribution < 1.29 is 4.92 Å². The van der Waals surface area contributed by atoms with Crippen LogP contribution < -0.4 is 0 Å². The molecular weight excluding hydrogens is 372 g/mol. The predicted molar refractivity (Wildman–Crippen MR) is 112 cm³/mol. The van der Waals surface area contributed by atoms with Gasteiger partial charge in [0.2, 0.25) is 4.77 Å². The second-order valence-corrected chi connectivity index (χ2v) is 7.29. The molecule has 7 heteroatoms. The topological polar surface area (TPSA) is 76.2 Å². The molecule has 140 valence electrons. The molecule has 0 fully saturated rings. The molecule has 0 aliphatic carbocycles. The third kappa shape index (κ3) is 3.20. The number of fused-ring (bicyclic) bond motifs is 1. The Morgan fingerprint density at radius 3 is 2.32 bits per heavy atom. The summed E-state index contributed by atoms with van der Waals surface area (Å²) in [4.78, 5) is 18.2. The fourth-order valence-electron chi connectivity index (χ4n) is 3.17. The summed E-state index contributed by atoms with van der Waals surface area (Å²) in [5.41, 5.74) is 5.77. The van der Waals surface area contributed by atoms with Crippen LogP contribution in [-0.4, -0.2) is 19.3 Å². The molecule has 0 spiro atoms. The van der Waals surface area contributed by atoms with Gasteiger partial charge in [0.25, 0.3) is 5.69 Å². The van der Waals surface area contributed by atoms with Crippen LogP contribution in [0.1, 0.15) is 25.3 Å². The normalized spacial score (nSPS) is 11.2. The maximum atomic E-state index is 10.9. The van der Waals surface area contributed by atoms with Crippen molar-refractivity contribution in [2.45, 2.75) is 19.8 Å². The van der Waals surface area contributed by atoms with Crippen LogP contribution >= 0.6 is 12.2 Å². The largest absolute Gasteiger partial charge is 0.339 e. The molecule has 2 aromatic carbocycles. The van der Waals surface area contributed by atoms with Gasteiger partial charge in [0.05, 0.1) is 10.6 Å². The van der Waals surface area contributed by atoms with Crippen molar-refractivity contribution in [1.29, 1.82) is 0 Å². The molecule has 6 nitrogen and oxygen atoms in total. The lowest BCUT2D eigenvalue weighted by molar-refractivity contribution is -0.384. The lowest BCUT2D eigenvalue weighted by atomic mass is 10.0. The molecule has 28 heavy (non-hydrogen) atoms. The standard InChI is InChI=1S/C21H18N4O2S/c1-13(2)14-3-5-16(6-4-14)19-12-24-20(23-19)18(11-22-21(24)28)15-7-9-17(10-8-15)25(26)27/h3-13,23H,1-2H3. The number of nitro groups is 1. The van der Waals surface area contributed by atoms with E-state index in [0.29, 0.717) is 10.7 Å². The molecule has 0 saturated heterocycles. The van der Waals surface area contributed by atoms with E-state index >= 15 is 0 Å². The first-order chi connectivity index (χ1) is 13.4. The van der Waals surface area contributed by atoms with Crippen molar-refractivity contribution >= 4 is 23.6 Å². The van der Waals surface area contributed by atoms with Gasteiger partial charge in [-0.25, -0.2) is 4.98 Å². The molecule has 1 N–H and O–H groups in total. The Kier molecular flexibility index (Phi) is 4.52. The Morgan fingerprint density at radius 2 is 1.71 bits per heavy atom. The van der Waals surface area contributed by atoms with Gasteiger partial charge in [0, 0.05) is 30.1 Å². The number of H-pyrrole nitrogens is 1. The van der Waals surface area contributed by atoms with E-state index < -0.39 is 4.92 Å². The number of nitrogens with zero attached hydrogens (tertiary/aromatic N) is 3. The lowest BCUT2D eigenvalue weighted by Gasteiger charge is -2.05. The molecule has 2 aromatic heterocycles. The van der Waals surface area contributed by atoms with Crippen molar-refractivity contribution in [3.63, 3.8) is 0 Å². The molecule has 2 heterocycles. The number of imidazole rings is 1. The predicted octanol–water partition coefficient (Wildman–Crippen LogP) is 5.76. The summed E-state index contributed by atoms with van der Waals surface area (Å²) in [5, 5.41) is 10.9. The van der Waals surface area contributed by atoms with Crippen LogP contribution in [0.3, 0.4) is 0 Å². The van der Waals surface area contributed by atoms with Crippen LogP contribution in [0.5, 0.6) is 0 Å². The van der Waals surface area contributed by atoms with Gasteiger partial charge in [-0.1, -0.05) is 38.1 Å². The number of hydrogen-bond acceptors (Lipinski definition) is 4. The maximum absolute atomic E-state index is 10.9. The zero-order chi connectivity index (χ0) is 19.8. The Morgan fingerprint density at radius 1 is 1.07 bits per heavy atom. The first-order valence-corrected chi connectivity index (χ1v) is 9.30. The molecule has 0 unspecified atom stereocenters. The Hall–Kier alpha value is -3.32. The summed E-state index contributed by atoms with van der Waals surface area (Å²) in [6.45, 7) is 4.33. The van der Waals surface area contributed by atoms with Crippen molar-refractivity contribution in [3.8, 4) is 22.4 Å². The number of hydrogen-bond donors (Lipinski definition) is 1. The van der Waals surface area contributed by atoms with E-state index in [4.69, 9.17) is 12.2 Å².